The van der Waals surface area contributed by atoms with Crippen LogP contribution in [0.2, 0.25) is 0 Å². The number of carbonyl (C=O) groups excluding carboxylic acids is 12. The average molecular weight is 1240 g/mol. The van der Waals surface area contributed by atoms with Crippen LogP contribution >= 0.6 is 0 Å². The van der Waals surface area contributed by atoms with E-state index in [4.69, 9.17) is 16.2 Å². The number of aliphatic hydroxyl groups is 2. The molecule has 0 radical (unpaired) electrons. The summed E-state index contributed by atoms with van der Waals surface area (Å²) in [5.74, 6) is -12.7. The number of ether oxygens (including phenoxy) is 1. The smallest absolute Gasteiger partial charge is 0.329 e. The summed E-state index contributed by atoms with van der Waals surface area (Å²) in [6, 6.07) is -7.22. The summed E-state index contributed by atoms with van der Waals surface area (Å²) in [6.45, 7) is 16.4. The van der Waals surface area contributed by atoms with E-state index in [9.17, 15) is 67.7 Å². The minimum absolute atomic E-state index is 0.0157. The van der Waals surface area contributed by atoms with E-state index in [0.29, 0.717) is 19.3 Å². The van der Waals surface area contributed by atoms with Crippen molar-refractivity contribution in [1.29, 1.82) is 0 Å². The van der Waals surface area contributed by atoms with E-state index in [2.05, 4.69) is 75.4 Å². The summed E-state index contributed by atoms with van der Waals surface area (Å²) in [7, 11) is 1.59. The van der Waals surface area contributed by atoms with Crippen molar-refractivity contribution >= 4 is 76.9 Å². The summed E-state index contributed by atoms with van der Waals surface area (Å²) in [5.41, 5.74) is 12.1. The highest BCUT2D eigenvalue weighted by Crippen LogP contribution is 2.17. The maximum atomic E-state index is 14.4. The first-order valence-corrected chi connectivity index (χ1v) is 29.8. The summed E-state index contributed by atoms with van der Waals surface area (Å²) in [5, 5.41) is 52.0. The van der Waals surface area contributed by atoms with Gasteiger partial charge in [-0.25, -0.2) is 4.79 Å². The second kappa shape index (κ2) is 36.2. The Hall–Kier alpha value is -8.25. The SMILES string of the molecule is C=C(CC)[C@H](NC(=O)[C@H](NC(=O)[C@@H](CCC(N)=O)NC(=O)[C@H](CO)NC(=O)[C@@H](NC(=O)[C@@H](Cc1ccccc1)NC)[C@@H](C)CC)[C@@H](C)CC)C(=O)N[C@@H](CO)C(=O)N[C@H]1C(=O)N[C@@H](C)C(=O)N[C@@H](C[C@H]2CN=C(N)N2)C(=O)N[C@@H]([C@@H](C)CC)C(=O)O[C@H]1C. The Morgan fingerprint density at radius 2 is 1.23 bits per heavy atom. The number of likely N-dealkylation sites (N-methyl/N-ethyl adjacent to an activating group) is 1. The lowest BCUT2D eigenvalue weighted by Gasteiger charge is -2.31. The number of aliphatic imine (C=N–C) groups is 1. The minimum atomic E-state index is -1.87. The molecule has 88 heavy (non-hydrogen) atoms. The predicted octanol–water partition coefficient (Wildman–Crippen LogP) is -4.34. The number of amides is 11. The molecule has 2 aliphatic heterocycles. The van der Waals surface area contributed by atoms with Crippen LogP contribution in [0.5, 0.6) is 0 Å². The Morgan fingerprint density at radius 3 is 1.75 bits per heavy atom. The molecule has 0 aromatic heterocycles. The molecule has 0 aliphatic carbocycles. The van der Waals surface area contributed by atoms with Crippen molar-refractivity contribution in [2.45, 2.75) is 192 Å². The van der Waals surface area contributed by atoms with Crippen molar-refractivity contribution in [2.24, 2.45) is 34.2 Å². The van der Waals surface area contributed by atoms with Crippen molar-refractivity contribution in [3.8, 4) is 0 Å². The van der Waals surface area contributed by atoms with Crippen LogP contribution in [-0.4, -0.2) is 193 Å². The summed E-state index contributed by atoms with van der Waals surface area (Å²) >= 11 is 0. The van der Waals surface area contributed by atoms with Gasteiger partial charge < -0.3 is 90.2 Å². The molecule has 16 atom stereocenters. The monoisotopic (exact) mass is 1240 g/mol. The third-order valence-electron chi connectivity index (χ3n) is 15.7. The van der Waals surface area contributed by atoms with Crippen molar-refractivity contribution < 1.29 is 72.5 Å². The maximum Gasteiger partial charge on any atom is 0.329 e. The van der Waals surface area contributed by atoms with E-state index >= 15 is 0 Å². The van der Waals surface area contributed by atoms with Gasteiger partial charge in [0, 0.05) is 6.42 Å². The topological polar surface area (TPSA) is 463 Å². The van der Waals surface area contributed by atoms with Gasteiger partial charge >= 0.3 is 5.97 Å². The minimum Gasteiger partial charge on any atom is -0.458 e. The summed E-state index contributed by atoms with van der Waals surface area (Å²) in [6.07, 6.45) is -1.03. The standard InChI is InChI=1S/C58H93N15O15/c1-12-28(5)42(70-49(79)37(61-11)23-34-19-17-16-18-20-34)53(83)67-39(26-74)51(81)65-36(21-22-41(59)76)48(78)69-44(30(7)14-3)55(85)71-43(29(6)13-2)54(84)68-40(27-75)52(82)73-46-33(10)88-57(87)45(31(8)15-4)72-50(80)38(24-35-25-62-58(60)64-35)66-47(77)32(9)63-56(46)86/h16-20,28,30-33,35-40,42-46,61,74-75H,6,12-15,21-27H2,1-5,7-11H3,(H2,59,76)(H,63,86)(H,65,81)(H,66,77)(H,67,83)(H,68,84)(H,69,78)(H,70,79)(H,71,85)(H,72,80)(H,73,82)(H3,60,62,64)/t28-,30-,31-,32-,33-,35-,36+,37+,38-,39-,40-,42-,43-,44+,45-,46+/m0/s1. The highest BCUT2D eigenvalue weighted by atomic mass is 16.5. The van der Waals surface area contributed by atoms with Gasteiger partial charge in [0.2, 0.25) is 65.0 Å². The molecule has 490 valence electrons. The van der Waals surface area contributed by atoms with E-state index in [0.717, 1.165) is 5.56 Å². The number of rotatable bonds is 32. The number of nitrogens with one attached hydrogen (secondary N) is 12. The number of nitrogens with zero attached hydrogens (tertiary/aromatic N) is 1. The fourth-order valence-corrected chi connectivity index (χ4v) is 9.33. The maximum absolute atomic E-state index is 14.4. The fourth-order valence-electron chi connectivity index (χ4n) is 9.33. The molecule has 0 spiro atoms. The highest BCUT2D eigenvalue weighted by molar-refractivity contribution is 6.00. The van der Waals surface area contributed by atoms with E-state index < -0.39 is 193 Å². The number of hydrogen-bond acceptors (Lipinski definition) is 19. The summed E-state index contributed by atoms with van der Waals surface area (Å²) < 4.78 is 5.72. The van der Waals surface area contributed by atoms with Crippen molar-refractivity contribution in [3.63, 3.8) is 0 Å². The van der Waals surface area contributed by atoms with Gasteiger partial charge in [-0.05, 0) is 75.5 Å². The molecular weight excluding hydrogens is 1150 g/mol. The lowest BCUT2D eigenvalue weighted by molar-refractivity contribution is -0.157. The van der Waals surface area contributed by atoms with E-state index in [1.54, 1.807) is 55.5 Å². The third kappa shape index (κ3) is 22.2. The van der Waals surface area contributed by atoms with E-state index in [-0.39, 0.29) is 37.3 Å². The second-order valence-electron chi connectivity index (χ2n) is 22.4. The molecule has 1 aromatic rings. The number of primary amides is 1. The van der Waals surface area contributed by atoms with Crippen molar-refractivity contribution in [3.05, 3.63) is 48.0 Å². The van der Waals surface area contributed by atoms with Gasteiger partial charge in [-0.3, -0.25) is 57.7 Å². The molecule has 1 aromatic carbocycles. The van der Waals surface area contributed by atoms with Crippen LogP contribution in [0.3, 0.4) is 0 Å². The molecule has 1 saturated heterocycles. The zero-order valence-corrected chi connectivity index (χ0v) is 51.9. The first-order chi connectivity index (χ1) is 41.6. The molecule has 3 rings (SSSR count). The van der Waals surface area contributed by atoms with Crippen molar-refractivity contribution in [1.82, 2.24) is 63.8 Å². The first kappa shape index (κ1) is 74.0. The first-order valence-electron chi connectivity index (χ1n) is 29.8. The van der Waals surface area contributed by atoms with Crippen molar-refractivity contribution in [2.75, 3.05) is 26.8 Å². The molecule has 0 bridgehead atoms. The molecule has 30 nitrogen and oxygen atoms in total. The Labute approximate surface area is 513 Å². The van der Waals surface area contributed by atoms with Gasteiger partial charge in [-0.15, -0.1) is 0 Å². The van der Waals surface area contributed by atoms with Gasteiger partial charge in [0.1, 0.15) is 66.5 Å². The number of cyclic esters (lactones) is 1. The number of hydrogen-bond donors (Lipinski definition) is 16. The van der Waals surface area contributed by atoms with Crippen LogP contribution in [0, 0.1) is 17.8 Å². The number of carbonyl (C=O) groups is 12. The number of aliphatic hydroxyl groups excluding tert-OH is 2. The molecule has 2 aliphatic rings. The number of esters is 1. The Kier molecular flexibility index (Phi) is 30.4. The normalized spacial score (nSPS) is 22.3. The van der Waals surface area contributed by atoms with Crippen LogP contribution in [0.25, 0.3) is 0 Å². The molecule has 2 heterocycles. The van der Waals surface area contributed by atoms with Crippen LogP contribution in [0.1, 0.15) is 113 Å². The lowest BCUT2D eigenvalue weighted by atomic mass is 9.96. The number of nitrogens with two attached hydrogens (primary N) is 2. The fraction of sp³-hybridized carbons (Fsp3) is 0.638. The molecule has 1 fully saturated rings. The zero-order valence-electron chi connectivity index (χ0n) is 51.9. The van der Waals surface area contributed by atoms with Gasteiger partial charge in [-0.2, -0.15) is 0 Å². The number of guanidine groups is 1. The van der Waals surface area contributed by atoms with E-state index in [1.807, 2.05) is 30.3 Å². The Bertz CT molecular complexity index is 2660. The van der Waals surface area contributed by atoms with Gasteiger partial charge in [0.05, 0.1) is 31.8 Å². The summed E-state index contributed by atoms with van der Waals surface area (Å²) in [4.78, 5) is 169. The van der Waals surface area contributed by atoms with Crippen LogP contribution < -0.4 is 75.3 Å². The van der Waals surface area contributed by atoms with Crippen LogP contribution in [0.15, 0.2) is 47.5 Å². The lowest BCUT2D eigenvalue weighted by Crippen LogP contribution is -2.63. The average Bonchev–Trinajstić information content (AvgIpc) is 4.11. The highest BCUT2D eigenvalue weighted by Gasteiger charge is 2.41. The van der Waals surface area contributed by atoms with Crippen LogP contribution in [-0.2, 0) is 68.7 Å². The molecule has 11 amide bonds. The van der Waals surface area contributed by atoms with Gasteiger partial charge in [-0.1, -0.05) is 105 Å². The molecule has 30 heteroatoms. The van der Waals surface area contributed by atoms with Crippen LogP contribution in [0.4, 0.5) is 0 Å². The third-order valence-corrected chi connectivity index (χ3v) is 15.7. The predicted molar refractivity (Wildman–Crippen MR) is 322 cm³/mol. The Morgan fingerprint density at radius 1 is 0.682 bits per heavy atom. The van der Waals surface area contributed by atoms with Gasteiger partial charge in [0.25, 0.3) is 0 Å². The molecule has 0 saturated carbocycles. The second-order valence-corrected chi connectivity index (χ2v) is 22.4. The Balaban J connectivity index is 1.85. The zero-order chi connectivity index (χ0) is 66.1. The van der Waals surface area contributed by atoms with Gasteiger partial charge in [0.15, 0.2) is 5.96 Å². The molecule has 0 unspecified atom stereocenters. The largest absolute Gasteiger partial charge is 0.458 e. The number of benzene rings is 1. The quantitative estimate of drug-likeness (QED) is 0.0240. The molecule has 18 N–H and O–H groups in total. The molecular formula is C58H93N15O15. The van der Waals surface area contributed by atoms with E-state index in [1.165, 1.54) is 13.8 Å².